The summed E-state index contributed by atoms with van der Waals surface area (Å²) >= 11 is 5.29. The van der Waals surface area contributed by atoms with Gasteiger partial charge in [0.2, 0.25) is 5.24 Å². The minimum Gasteiger partial charge on any atom is -0.280 e. The number of carbonyl (C=O) groups is 1. The molecule has 0 saturated carbocycles. The van der Waals surface area contributed by atoms with Crippen LogP contribution < -0.4 is 0 Å². The van der Waals surface area contributed by atoms with Crippen LogP contribution >= 0.6 is 11.6 Å². The van der Waals surface area contributed by atoms with Gasteiger partial charge in [0.05, 0.1) is 4.90 Å². The van der Waals surface area contributed by atoms with Crippen LogP contribution in [0.25, 0.3) is 0 Å². The Morgan fingerprint density at radius 2 is 1.67 bits per heavy atom. The first-order valence-corrected chi connectivity index (χ1v) is 6.16. The van der Waals surface area contributed by atoms with E-state index in [4.69, 9.17) is 11.6 Å². The van der Waals surface area contributed by atoms with Gasteiger partial charge in [-0.3, -0.25) is 4.79 Å². The summed E-state index contributed by atoms with van der Waals surface area (Å²) in [6, 6.07) is 7.78. The molecule has 0 radical (unpaired) electrons. The first kappa shape index (κ1) is 12.2. The normalized spacial score (nSPS) is 12.5. The molecule has 15 heavy (non-hydrogen) atoms. The van der Waals surface area contributed by atoms with E-state index in [1.54, 1.807) is 18.2 Å². The Balaban J connectivity index is 3.33. The first-order chi connectivity index (χ1) is 6.80. The van der Waals surface area contributed by atoms with Crippen molar-refractivity contribution in [1.29, 1.82) is 0 Å². The van der Waals surface area contributed by atoms with E-state index in [1.807, 2.05) is 0 Å². The summed E-state index contributed by atoms with van der Waals surface area (Å²) in [5.41, 5.74) is 0. The molecule has 0 aromatic heterocycles. The minimum absolute atomic E-state index is 0.101. The maximum atomic E-state index is 12.0. The highest BCUT2D eigenvalue weighted by Crippen LogP contribution is 2.27. The molecule has 5 heteroatoms. The molecule has 3 nitrogen and oxygen atoms in total. The Bertz CT molecular complexity index is 463. The van der Waals surface area contributed by atoms with Crippen LogP contribution in [0.5, 0.6) is 0 Å². The summed E-state index contributed by atoms with van der Waals surface area (Å²) in [7, 11) is -3.72. The Morgan fingerprint density at radius 1 is 1.20 bits per heavy atom. The van der Waals surface area contributed by atoms with Gasteiger partial charge in [0.1, 0.15) is 4.75 Å². The zero-order chi connectivity index (χ0) is 11.7. The van der Waals surface area contributed by atoms with Gasteiger partial charge in [0.25, 0.3) is 0 Å². The molecule has 0 fully saturated rings. The molecule has 0 N–H and O–H groups in total. The van der Waals surface area contributed by atoms with E-state index < -0.39 is 19.8 Å². The van der Waals surface area contributed by atoms with Gasteiger partial charge >= 0.3 is 0 Å². The number of hydrogen-bond donors (Lipinski definition) is 0. The van der Waals surface area contributed by atoms with Crippen LogP contribution in [0, 0.1) is 0 Å². The van der Waals surface area contributed by atoms with Gasteiger partial charge in [0, 0.05) is 0 Å². The largest absolute Gasteiger partial charge is 0.280 e. The molecule has 0 amide bonds. The van der Waals surface area contributed by atoms with Crippen molar-refractivity contribution in [1.82, 2.24) is 0 Å². The summed E-state index contributed by atoms with van der Waals surface area (Å²) in [6.45, 7) is 2.59. The average Bonchev–Trinajstić information content (AvgIpc) is 2.18. The highest BCUT2D eigenvalue weighted by Gasteiger charge is 2.41. The molecule has 0 atom stereocenters. The summed E-state index contributed by atoms with van der Waals surface area (Å²) in [5, 5.41) is -0.883. The molecule has 0 aliphatic rings. The van der Waals surface area contributed by atoms with Crippen LogP contribution in [-0.2, 0) is 14.6 Å². The molecular formula is C10H11ClO3S. The Labute approximate surface area is 94.0 Å². The molecule has 1 rings (SSSR count). The standard InChI is InChI=1S/C10H11ClO3S/c1-10(2,9(11)12)15(13,14)8-6-4-3-5-7-8/h3-7H,1-2H3. The van der Waals surface area contributed by atoms with Gasteiger partial charge in [-0.25, -0.2) is 8.42 Å². The molecule has 1 aromatic carbocycles. The van der Waals surface area contributed by atoms with Crippen molar-refractivity contribution in [3.05, 3.63) is 30.3 Å². The SMILES string of the molecule is CC(C)(C(=O)Cl)S(=O)(=O)c1ccccc1. The quantitative estimate of drug-likeness (QED) is 0.767. The number of hydrogen-bond acceptors (Lipinski definition) is 3. The molecule has 0 spiro atoms. The fraction of sp³-hybridized carbons (Fsp3) is 0.300. The molecule has 0 aliphatic carbocycles. The van der Waals surface area contributed by atoms with Gasteiger partial charge in [-0.05, 0) is 37.6 Å². The topological polar surface area (TPSA) is 51.2 Å². The number of benzene rings is 1. The summed E-state index contributed by atoms with van der Waals surface area (Å²) in [5.74, 6) is 0. The number of rotatable bonds is 3. The van der Waals surface area contributed by atoms with Crippen molar-refractivity contribution in [3.63, 3.8) is 0 Å². The lowest BCUT2D eigenvalue weighted by molar-refractivity contribution is -0.113. The van der Waals surface area contributed by atoms with Gasteiger partial charge in [-0.15, -0.1) is 0 Å². The van der Waals surface area contributed by atoms with Crippen molar-refractivity contribution < 1.29 is 13.2 Å². The third kappa shape index (κ3) is 2.06. The summed E-state index contributed by atoms with van der Waals surface area (Å²) in [4.78, 5) is 11.2. The molecule has 0 bridgehead atoms. The van der Waals surface area contributed by atoms with E-state index in [2.05, 4.69) is 0 Å². The Kier molecular flexibility index (Phi) is 3.21. The van der Waals surface area contributed by atoms with Crippen molar-refractivity contribution in [2.75, 3.05) is 0 Å². The number of halogens is 1. The molecule has 0 saturated heterocycles. The van der Waals surface area contributed by atoms with Crippen LogP contribution in [0.4, 0.5) is 0 Å². The fourth-order valence-corrected chi connectivity index (χ4v) is 2.62. The minimum atomic E-state index is -3.72. The van der Waals surface area contributed by atoms with E-state index in [0.717, 1.165) is 0 Å². The Hall–Kier alpha value is -0.870. The van der Waals surface area contributed by atoms with E-state index >= 15 is 0 Å². The maximum Gasteiger partial charge on any atom is 0.242 e. The van der Waals surface area contributed by atoms with E-state index in [-0.39, 0.29) is 4.90 Å². The van der Waals surface area contributed by atoms with Crippen molar-refractivity contribution in [3.8, 4) is 0 Å². The Morgan fingerprint density at radius 3 is 2.07 bits per heavy atom. The zero-order valence-electron chi connectivity index (χ0n) is 8.40. The van der Waals surface area contributed by atoms with Crippen LogP contribution in [0.15, 0.2) is 35.2 Å². The van der Waals surface area contributed by atoms with E-state index in [9.17, 15) is 13.2 Å². The lowest BCUT2D eigenvalue weighted by Gasteiger charge is -2.19. The third-order valence-corrected chi connectivity index (χ3v) is 5.20. The number of sulfone groups is 1. The van der Waals surface area contributed by atoms with E-state index in [0.29, 0.717) is 0 Å². The zero-order valence-corrected chi connectivity index (χ0v) is 9.97. The maximum absolute atomic E-state index is 12.0. The van der Waals surface area contributed by atoms with Crippen LogP contribution in [0.2, 0.25) is 0 Å². The fourth-order valence-electron chi connectivity index (χ4n) is 1.000. The smallest absolute Gasteiger partial charge is 0.242 e. The molecule has 0 heterocycles. The van der Waals surface area contributed by atoms with Crippen molar-refractivity contribution in [2.45, 2.75) is 23.5 Å². The number of carbonyl (C=O) groups excluding carboxylic acids is 1. The molecule has 1 aromatic rings. The van der Waals surface area contributed by atoms with Gasteiger partial charge < -0.3 is 0 Å². The molecule has 0 aliphatic heterocycles. The highest BCUT2D eigenvalue weighted by molar-refractivity contribution is 7.93. The van der Waals surface area contributed by atoms with Crippen LogP contribution in [-0.4, -0.2) is 18.4 Å². The third-order valence-electron chi connectivity index (χ3n) is 2.20. The lowest BCUT2D eigenvalue weighted by Crippen LogP contribution is -2.37. The van der Waals surface area contributed by atoms with Gasteiger partial charge in [0.15, 0.2) is 9.84 Å². The second-order valence-corrected chi connectivity index (χ2v) is 6.44. The second-order valence-electron chi connectivity index (χ2n) is 3.60. The van der Waals surface area contributed by atoms with E-state index in [1.165, 1.54) is 26.0 Å². The summed E-state index contributed by atoms with van der Waals surface area (Å²) in [6.07, 6.45) is 0. The predicted octanol–water partition coefficient (Wildman–Crippen LogP) is 2.00. The monoisotopic (exact) mass is 246 g/mol. The first-order valence-electron chi connectivity index (χ1n) is 4.30. The lowest BCUT2D eigenvalue weighted by atomic mass is 10.2. The van der Waals surface area contributed by atoms with Crippen molar-refractivity contribution >= 4 is 26.7 Å². The van der Waals surface area contributed by atoms with Crippen molar-refractivity contribution in [2.24, 2.45) is 0 Å². The second kappa shape index (κ2) is 3.94. The average molecular weight is 247 g/mol. The molecule has 0 unspecified atom stereocenters. The van der Waals surface area contributed by atoms with Gasteiger partial charge in [-0.1, -0.05) is 18.2 Å². The summed E-state index contributed by atoms with van der Waals surface area (Å²) < 4.78 is 22.4. The molecular weight excluding hydrogens is 236 g/mol. The van der Waals surface area contributed by atoms with Crippen LogP contribution in [0.3, 0.4) is 0 Å². The highest BCUT2D eigenvalue weighted by atomic mass is 35.5. The van der Waals surface area contributed by atoms with Gasteiger partial charge in [-0.2, -0.15) is 0 Å². The van der Waals surface area contributed by atoms with Crippen LogP contribution in [0.1, 0.15) is 13.8 Å². The molecule has 82 valence electrons. The predicted molar refractivity (Wildman–Crippen MR) is 58.6 cm³/mol.